The Bertz CT molecular complexity index is 926. The van der Waals surface area contributed by atoms with Crippen molar-refractivity contribution in [3.63, 3.8) is 0 Å². The molecule has 8 fully saturated rings. The predicted octanol–water partition coefficient (Wildman–Crippen LogP) is 11.3. The first-order valence-corrected chi connectivity index (χ1v) is 23.1. The molecule has 226 valence electrons. The Morgan fingerprint density at radius 2 is 1.15 bits per heavy atom. The molecule has 8 aliphatic rings. The lowest BCUT2D eigenvalue weighted by Gasteiger charge is -2.54. The highest BCUT2D eigenvalue weighted by atomic mass is 32.2. The summed E-state index contributed by atoms with van der Waals surface area (Å²) in [6, 6.07) is 0. The zero-order chi connectivity index (χ0) is 27.3. The lowest BCUT2D eigenvalue weighted by molar-refractivity contribution is -0.0347. The fourth-order valence-corrected chi connectivity index (χ4v) is 25.5. The summed E-state index contributed by atoms with van der Waals surface area (Å²) < 4.78 is 0. The third-order valence-corrected chi connectivity index (χ3v) is 24.1. The zero-order valence-corrected chi connectivity index (χ0v) is 28.9. The normalized spacial score (nSPS) is 57.7. The molecule has 0 spiro atoms. The molecular formula is C38H64SSi. The van der Waals surface area contributed by atoms with E-state index in [9.17, 15) is 0 Å². The van der Waals surface area contributed by atoms with Crippen LogP contribution in [0.1, 0.15) is 124 Å². The summed E-state index contributed by atoms with van der Waals surface area (Å²) in [5.41, 5.74) is 2.21. The lowest BCUT2D eigenvalue weighted by Crippen LogP contribution is -2.50. The molecule has 0 bridgehead atoms. The maximum Gasteiger partial charge on any atom is 0.0555 e. The van der Waals surface area contributed by atoms with Gasteiger partial charge in [0.05, 0.1) is 8.07 Å². The first-order chi connectivity index (χ1) is 19.4. The van der Waals surface area contributed by atoms with Crippen molar-refractivity contribution in [3.05, 3.63) is 0 Å². The molecule has 17 unspecified atom stereocenters. The number of thioether (sulfide) groups is 1. The molecule has 1 heterocycles. The molecular weight excluding hydrogens is 517 g/mol. The number of rotatable bonds is 3. The van der Waals surface area contributed by atoms with E-state index in [1.165, 1.54) is 12.8 Å². The molecule has 0 N–H and O–H groups in total. The van der Waals surface area contributed by atoms with Crippen LogP contribution in [0, 0.1) is 76.9 Å². The van der Waals surface area contributed by atoms with Gasteiger partial charge in [-0.25, -0.2) is 0 Å². The van der Waals surface area contributed by atoms with Crippen molar-refractivity contribution < 1.29 is 0 Å². The summed E-state index contributed by atoms with van der Waals surface area (Å²) in [6.45, 7) is 14.3. The van der Waals surface area contributed by atoms with Crippen LogP contribution in [-0.2, 0) is 0 Å². The maximum absolute atomic E-state index is 2.99. The summed E-state index contributed by atoms with van der Waals surface area (Å²) in [5, 5.41) is 2.07. The number of hydrogen-bond acceptors (Lipinski definition) is 1. The molecule has 0 amide bonds. The van der Waals surface area contributed by atoms with Crippen LogP contribution in [0.2, 0.25) is 24.2 Å². The summed E-state index contributed by atoms with van der Waals surface area (Å²) in [4.78, 5) is 0. The highest BCUT2D eigenvalue weighted by Crippen LogP contribution is 2.71. The van der Waals surface area contributed by atoms with Crippen molar-refractivity contribution in [2.45, 2.75) is 158 Å². The van der Waals surface area contributed by atoms with Crippen molar-refractivity contribution in [1.82, 2.24) is 0 Å². The standard InChI is InChI=1S/C38H64SSi/c1-22-20-31-32(21-26-14-11-17-28(26)35(31)29-18-10-13-25-12-6-7-15-27(25)29)37(22)40(4,5)38-24(3)23(2)34-30-16-8-9-19-33(30)39-36(34)38/h22-38H,6-21H2,1-5H3. The summed E-state index contributed by atoms with van der Waals surface area (Å²) in [7, 11) is -1.44. The second-order valence-corrected chi connectivity index (χ2v) is 24.7. The third-order valence-electron chi connectivity index (χ3n) is 16.7. The SMILES string of the molecule is CC1CC2C(CC3CCCC3C2C2CCCC3CCCCC32)C1[Si](C)(C)C1C(C)C(C)C2C3CCCCC3SC21. The number of hydrogen-bond donors (Lipinski definition) is 0. The van der Waals surface area contributed by atoms with Gasteiger partial charge in [0.15, 0.2) is 0 Å². The smallest absolute Gasteiger partial charge is 0.0555 e. The van der Waals surface area contributed by atoms with Gasteiger partial charge in [-0.05, 0) is 133 Å². The topological polar surface area (TPSA) is 0 Å². The van der Waals surface area contributed by atoms with Crippen LogP contribution in [0.4, 0.5) is 0 Å². The molecule has 0 radical (unpaired) electrons. The van der Waals surface area contributed by atoms with E-state index in [0.717, 1.165) is 98.5 Å². The van der Waals surface area contributed by atoms with E-state index in [0.29, 0.717) is 0 Å². The van der Waals surface area contributed by atoms with Gasteiger partial charge in [0.1, 0.15) is 0 Å². The zero-order valence-electron chi connectivity index (χ0n) is 27.0. The van der Waals surface area contributed by atoms with Crippen molar-refractivity contribution >= 4 is 19.8 Å². The van der Waals surface area contributed by atoms with E-state index in [1.807, 2.05) is 0 Å². The van der Waals surface area contributed by atoms with Gasteiger partial charge in [0.25, 0.3) is 0 Å². The average molecular weight is 581 g/mol. The minimum atomic E-state index is -1.44. The molecule has 0 aromatic carbocycles. The van der Waals surface area contributed by atoms with Gasteiger partial charge in [-0.3, -0.25) is 0 Å². The van der Waals surface area contributed by atoms with E-state index in [2.05, 4.69) is 45.6 Å². The Balaban J connectivity index is 1.11. The largest absolute Gasteiger partial charge is 0.155 e. The van der Waals surface area contributed by atoms with E-state index >= 15 is 0 Å². The molecule has 0 nitrogen and oxygen atoms in total. The van der Waals surface area contributed by atoms with Gasteiger partial charge in [-0.15, -0.1) is 0 Å². The van der Waals surface area contributed by atoms with Crippen LogP contribution in [0.15, 0.2) is 0 Å². The molecule has 0 aromatic heterocycles. The van der Waals surface area contributed by atoms with Crippen LogP contribution in [0.25, 0.3) is 0 Å². The third kappa shape index (κ3) is 4.15. The second kappa shape index (κ2) is 10.6. The van der Waals surface area contributed by atoms with Crippen molar-refractivity contribution in [2.75, 3.05) is 0 Å². The molecule has 17 atom stereocenters. The molecule has 7 saturated carbocycles. The monoisotopic (exact) mass is 580 g/mol. The van der Waals surface area contributed by atoms with Crippen LogP contribution >= 0.6 is 11.8 Å². The summed E-state index contributed by atoms with van der Waals surface area (Å²) in [5.74, 6) is 14.1. The van der Waals surface area contributed by atoms with Gasteiger partial charge in [0.2, 0.25) is 0 Å². The quantitative estimate of drug-likeness (QED) is 0.299. The molecule has 0 aromatic rings. The molecule has 1 aliphatic heterocycles. The molecule has 7 aliphatic carbocycles. The van der Waals surface area contributed by atoms with Crippen molar-refractivity contribution in [2.24, 2.45) is 76.9 Å². The van der Waals surface area contributed by atoms with Gasteiger partial charge >= 0.3 is 0 Å². The highest BCUT2D eigenvalue weighted by molar-refractivity contribution is 8.01. The van der Waals surface area contributed by atoms with Crippen LogP contribution in [0.3, 0.4) is 0 Å². The fourth-order valence-electron chi connectivity index (χ4n) is 15.7. The van der Waals surface area contributed by atoms with Gasteiger partial charge in [-0.1, -0.05) is 91.7 Å². The summed E-state index contributed by atoms with van der Waals surface area (Å²) >= 11 is 2.58. The minimum absolute atomic E-state index is 0.984. The Hall–Kier alpha value is 0.567. The van der Waals surface area contributed by atoms with E-state index in [4.69, 9.17) is 0 Å². The van der Waals surface area contributed by atoms with Crippen LogP contribution in [-0.4, -0.2) is 18.6 Å². The highest BCUT2D eigenvalue weighted by Gasteiger charge is 2.65. The van der Waals surface area contributed by atoms with Crippen molar-refractivity contribution in [3.8, 4) is 0 Å². The van der Waals surface area contributed by atoms with E-state index in [1.54, 1.807) is 89.9 Å². The average Bonchev–Trinajstić information content (AvgIpc) is 3.69. The van der Waals surface area contributed by atoms with Gasteiger partial charge in [-0.2, -0.15) is 11.8 Å². The van der Waals surface area contributed by atoms with Crippen molar-refractivity contribution in [1.29, 1.82) is 0 Å². The van der Waals surface area contributed by atoms with Gasteiger partial charge in [0, 0.05) is 10.5 Å². The first-order valence-electron chi connectivity index (χ1n) is 19.0. The van der Waals surface area contributed by atoms with E-state index < -0.39 is 8.07 Å². The van der Waals surface area contributed by atoms with Crippen LogP contribution in [0.5, 0.6) is 0 Å². The Labute approximate surface area is 254 Å². The molecule has 8 rings (SSSR count). The minimum Gasteiger partial charge on any atom is -0.155 e. The first kappa shape index (κ1) is 28.1. The molecule has 2 heteroatoms. The van der Waals surface area contributed by atoms with Crippen LogP contribution < -0.4 is 0 Å². The predicted molar refractivity (Wildman–Crippen MR) is 176 cm³/mol. The van der Waals surface area contributed by atoms with E-state index in [-0.39, 0.29) is 0 Å². The Morgan fingerprint density at radius 1 is 0.500 bits per heavy atom. The summed E-state index contributed by atoms with van der Waals surface area (Å²) in [6.07, 6.45) is 25.4. The maximum atomic E-state index is 2.99. The number of fused-ring (bicyclic) bond motifs is 6. The Kier molecular flexibility index (Phi) is 7.43. The molecule has 40 heavy (non-hydrogen) atoms. The Morgan fingerprint density at radius 3 is 1.98 bits per heavy atom. The fraction of sp³-hybridized carbons (Fsp3) is 1.00. The lowest BCUT2D eigenvalue weighted by atomic mass is 9.53. The molecule has 1 saturated heterocycles. The van der Waals surface area contributed by atoms with Gasteiger partial charge < -0.3 is 0 Å². The second-order valence-electron chi connectivity index (χ2n) is 18.3.